The number of nitrogen functional groups attached to an aromatic ring is 2. The topological polar surface area (TPSA) is 263 Å². The molecule has 4 rings (SSSR count). The van der Waals surface area contributed by atoms with Crippen molar-refractivity contribution in [3.8, 4) is 0 Å². The lowest BCUT2D eigenvalue weighted by atomic mass is 10.2. The molecule has 0 aromatic carbocycles. The molecule has 0 saturated carbocycles. The average molecular weight is 1160 g/mol. The molecule has 0 atom stereocenters. The third-order valence-corrected chi connectivity index (χ3v) is 10.2. The first-order valence-corrected chi connectivity index (χ1v) is 25.4. The van der Waals surface area contributed by atoms with E-state index in [1.165, 1.54) is 6.92 Å². The van der Waals surface area contributed by atoms with E-state index in [-0.39, 0.29) is 34.8 Å². The smallest absolute Gasteiger partial charge is 0.449 e. The Morgan fingerprint density at radius 3 is 1.73 bits per heavy atom. The van der Waals surface area contributed by atoms with Crippen LogP contribution in [0.4, 0.5) is 48.1 Å². The summed E-state index contributed by atoms with van der Waals surface area (Å²) in [5, 5.41) is 29.2. The van der Waals surface area contributed by atoms with Gasteiger partial charge in [0.1, 0.15) is 22.7 Å². The van der Waals surface area contributed by atoms with Gasteiger partial charge in [0.05, 0.1) is 37.9 Å². The highest BCUT2D eigenvalue weighted by molar-refractivity contribution is 9.09. The first-order chi connectivity index (χ1) is 33.9. The number of nitrogens with one attached hydrogen (secondary N) is 1. The van der Waals surface area contributed by atoms with Gasteiger partial charge in [0, 0.05) is 75.2 Å². The molecular weight excluding hydrogens is 1090 g/mol. The second kappa shape index (κ2) is 33.3. The Labute approximate surface area is 445 Å². The van der Waals surface area contributed by atoms with Crippen molar-refractivity contribution in [3.63, 3.8) is 0 Å². The van der Waals surface area contributed by atoms with Gasteiger partial charge in [-0.3, -0.25) is 19.2 Å². The number of anilines is 2. The number of nitrogens with two attached hydrogens (primary N) is 2. The van der Waals surface area contributed by atoms with Crippen LogP contribution in [0.3, 0.4) is 0 Å². The van der Waals surface area contributed by atoms with Crippen molar-refractivity contribution < 1.29 is 63.4 Å². The van der Waals surface area contributed by atoms with Gasteiger partial charge < -0.3 is 47.8 Å². The number of rotatable bonds is 26. The monoisotopic (exact) mass is 1160 g/mol. The van der Waals surface area contributed by atoms with E-state index >= 15 is 0 Å². The predicted octanol–water partition coefficient (Wildman–Crippen LogP) is 7.10. The fourth-order valence-corrected chi connectivity index (χ4v) is 6.74. The van der Waals surface area contributed by atoms with Gasteiger partial charge in [0.2, 0.25) is 17.6 Å². The van der Waals surface area contributed by atoms with Crippen LogP contribution < -0.4 is 38.3 Å². The summed E-state index contributed by atoms with van der Waals surface area (Å²) in [6.45, 7) is 21.0. The maximum absolute atomic E-state index is 11.8. The first kappa shape index (κ1) is 65.5. The summed E-state index contributed by atoms with van der Waals surface area (Å²) < 4.78 is 54.5. The molecule has 0 spiro atoms. The van der Waals surface area contributed by atoms with Gasteiger partial charge in [-0.1, -0.05) is 34.9 Å². The predicted molar refractivity (Wildman–Crippen MR) is 270 cm³/mol. The Morgan fingerprint density at radius 2 is 1.25 bits per heavy atom. The minimum atomic E-state index is -4.65. The lowest BCUT2D eigenvalue weighted by Crippen LogP contribution is -3.00. The number of aromatic nitrogens is 8. The number of ether oxygens (including phenoxy) is 2. The van der Waals surface area contributed by atoms with Crippen LogP contribution in [0, 0.1) is 0 Å². The number of alkyl halides is 4. The quantitative estimate of drug-likeness (QED) is 0.0188. The van der Waals surface area contributed by atoms with Gasteiger partial charge >= 0.3 is 24.1 Å². The molecule has 0 saturated heterocycles. The molecule has 26 heteroatoms. The average Bonchev–Trinajstić information content (AvgIpc) is 4.07. The summed E-state index contributed by atoms with van der Waals surface area (Å²) in [7, 11) is 0. The number of unbranched alkanes of at least 4 members (excludes halogenated alkanes) is 3. The summed E-state index contributed by atoms with van der Waals surface area (Å²) in [4.78, 5) is 49.0. The normalized spacial score (nSPS) is 11.7. The number of Topliss-reactive ketones (excluding diaryl/α,β-unsaturated/α-hetero) is 1. The van der Waals surface area contributed by atoms with Crippen molar-refractivity contribution in [2.75, 3.05) is 23.3 Å². The van der Waals surface area contributed by atoms with Gasteiger partial charge in [0.15, 0.2) is 11.5 Å². The zero-order valence-electron chi connectivity index (χ0n) is 43.8. The Hall–Kier alpha value is -5.53. The zero-order chi connectivity index (χ0) is 53.9. The Morgan fingerprint density at radius 1 is 0.712 bits per heavy atom. The van der Waals surface area contributed by atoms with Crippen molar-refractivity contribution in [1.29, 1.82) is 0 Å². The van der Waals surface area contributed by atoms with E-state index in [1.54, 1.807) is 28.0 Å². The highest BCUT2D eigenvalue weighted by Crippen LogP contribution is 2.26. The number of ketones is 1. The first-order valence-electron chi connectivity index (χ1n) is 24.3. The standard InChI is InChI=1S/C23H38N8O3.C18H29N7O2.C6H8BrF3O.BrH/c1-6-12-29-15-16-30(13-9-11-25-18(2)32)22(29)28-27-19-17-26-31(21(19)24)14-8-7-10-20(33)34-23(3,4)5;1-5-10-24-12-9-20-17(24)23-22-14-13-21-25(16(14)19)11-7-6-8-15(26)27-18(2,3)4;7-4-2-1-3-5(11)6(8,9)10;/h15-17,24H,6-14H2,1-5H3,(H,25,32);9,12-13H,5-8,10-11,19H2,1-4H3;1-4H2;1H. The van der Waals surface area contributed by atoms with E-state index in [0.717, 1.165) is 45.2 Å². The molecular formula is C47H76Br2F3N15O6. The fraction of sp³-hybridized carbons (Fsp3) is 0.660. The molecule has 0 bridgehead atoms. The van der Waals surface area contributed by atoms with E-state index in [4.69, 9.17) is 20.9 Å². The Bertz CT molecular complexity index is 2330. The van der Waals surface area contributed by atoms with E-state index in [1.807, 2.05) is 73.8 Å². The number of carbonyl (C=O) groups is 4. The minimum absolute atomic E-state index is 0. The molecule has 0 unspecified atom stereocenters. The van der Waals surface area contributed by atoms with Crippen LogP contribution >= 0.6 is 15.9 Å². The van der Waals surface area contributed by atoms with Crippen LogP contribution in [0.5, 0.6) is 0 Å². The van der Waals surface area contributed by atoms with Crippen LogP contribution in [-0.4, -0.2) is 86.6 Å². The molecule has 5 N–H and O–H groups in total. The minimum Gasteiger partial charge on any atom is -1.00 e. The molecule has 0 aliphatic rings. The van der Waals surface area contributed by atoms with E-state index < -0.39 is 29.6 Å². The van der Waals surface area contributed by atoms with Crippen LogP contribution in [0.1, 0.15) is 139 Å². The zero-order valence-corrected chi connectivity index (χ0v) is 46.9. The van der Waals surface area contributed by atoms with Gasteiger partial charge in [-0.2, -0.15) is 23.4 Å². The molecule has 0 aliphatic heterocycles. The summed E-state index contributed by atoms with van der Waals surface area (Å²) in [5.41, 5.74) is 12.4. The maximum Gasteiger partial charge on any atom is 0.449 e. The Balaban J connectivity index is 0.000000609. The lowest BCUT2D eigenvalue weighted by molar-refractivity contribution is -0.683. The summed E-state index contributed by atoms with van der Waals surface area (Å²) in [6, 6.07) is 0. The molecule has 73 heavy (non-hydrogen) atoms. The number of hydrogen-bond acceptors (Lipinski definition) is 15. The van der Waals surface area contributed by atoms with E-state index in [2.05, 4.69) is 70.7 Å². The highest BCUT2D eigenvalue weighted by atomic mass is 79.9. The molecule has 4 aromatic rings. The SMILES string of the molecule is CCC[n+]1ccn(CCCNC(C)=O)c1N=Nc1cnn(CCCCC(=O)OC(C)(C)C)c1N.CCCn1ccnc1N=Nc1cnn(CCCCC(=O)OC(C)(C)C)c1N.O=C(CCCCBr)C(F)(F)F.[Br-]. The molecule has 0 aliphatic carbocycles. The third-order valence-electron chi connectivity index (χ3n) is 9.67. The number of hydrogen-bond donors (Lipinski definition) is 3. The van der Waals surface area contributed by atoms with Crippen molar-refractivity contribution in [2.45, 2.75) is 189 Å². The molecule has 0 fully saturated rings. The second-order valence-electron chi connectivity index (χ2n) is 18.6. The second-order valence-corrected chi connectivity index (χ2v) is 19.4. The fourth-order valence-electron chi connectivity index (χ4n) is 6.34. The van der Waals surface area contributed by atoms with Gasteiger partial charge in [-0.15, -0.1) is 10.2 Å². The van der Waals surface area contributed by atoms with Gasteiger partial charge in [-0.25, -0.2) is 23.5 Å². The molecule has 1 amide bonds. The third kappa shape index (κ3) is 26.8. The Kier molecular flexibility index (Phi) is 29.9. The van der Waals surface area contributed by atoms with E-state index in [9.17, 15) is 32.3 Å². The van der Waals surface area contributed by atoms with Crippen LogP contribution in [0.2, 0.25) is 0 Å². The van der Waals surface area contributed by atoms with Crippen molar-refractivity contribution in [1.82, 2.24) is 39.0 Å². The molecule has 4 aromatic heterocycles. The number of azo groups is 2. The largest absolute Gasteiger partial charge is 1.00 e. The number of imidazole rings is 2. The van der Waals surface area contributed by atoms with Crippen LogP contribution in [-0.2, 0) is 61.4 Å². The summed E-state index contributed by atoms with van der Waals surface area (Å²) in [5.74, 6) is 0.0973. The number of halogens is 5. The molecule has 21 nitrogen and oxygen atoms in total. The summed E-state index contributed by atoms with van der Waals surface area (Å²) >= 11 is 3.06. The van der Waals surface area contributed by atoms with E-state index in [0.29, 0.717) is 105 Å². The van der Waals surface area contributed by atoms with Gasteiger partial charge in [0.25, 0.3) is 0 Å². The lowest BCUT2D eigenvalue weighted by Gasteiger charge is -2.19. The van der Waals surface area contributed by atoms with Crippen molar-refractivity contribution >= 4 is 74.5 Å². The highest BCUT2D eigenvalue weighted by Gasteiger charge is 2.37. The van der Waals surface area contributed by atoms with Gasteiger partial charge in [-0.05, 0) is 99.3 Å². The van der Waals surface area contributed by atoms with Crippen LogP contribution in [0.15, 0.2) is 57.6 Å². The number of amides is 1. The number of esters is 2. The maximum atomic E-state index is 11.8. The number of aryl methyl sites for hydroxylation is 5. The number of nitrogens with zero attached hydrogens (tertiary/aromatic N) is 12. The van der Waals surface area contributed by atoms with Crippen LogP contribution in [0.25, 0.3) is 0 Å². The van der Waals surface area contributed by atoms with Crippen molar-refractivity contribution in [3.05, 3.63) is 37.2 Å². The summed E-state index contributed by atoms with van der Waals surface area (Å²) in [6.07, 6.45) is 12.9. The molecule has 0 radical (unpaired) electrons. The molecule has 4 heterocycles. The number of carbonyl (C=O) groups excluding carboxylic acids is 4. The molecule has 410 valence electrons. The van der Waals surface area contributed by atoms with Crippen molar-refractivity contribution in [2.24, 2.45) is 20.5 Å².